The van der Waals surface area contributed by atoms with Crippen LogP contribution in [0.5, 0.6) is 0 Å². The van der Waals surface area contributed by atoms with Gasteiger partial charge in [0.2, 0.25) is 11.8 Å². The van der Waals surface area contributed by atoms with E-state index in [-0.39, 0.29) is 24.8 Å². The molecular weight excluding hydrogens is 376 g/mol. The number of amides is 2. The van der Waals surface area contributed by atoms with Gasteiger partial charge in [0.25, 0.3) is 0 Å². The van der Waals surface area contributed by atoms with E-state index in [0.29, 0.717) is 43.5 Å². The van der Waals surface area contributed by atoms with Crippen LogP contribution in [-0.2, 0) is 16.0 Å². The van der Waals surface area contributed by atoms with Crippen molar-refractivity contribution in [1.82, 2.24) is 10.6 Å². The monoisotopic (exact) mass is 404 g/mol. The Kier molecular flexibility index (Phi) is 7.84. The minimum atomic E-state index is -1.07. The first-order chi connectivity index (χ1) is 13.3. The van der Waals surface area contributed by atoms with Gasteiger partial charge in [-0.1, -0.05) is 35.9 Å². The number of aliphatic hydroxyl groups is 1. The predicted molar refractivity (Wildman–Crippen MR) is 112 cm³/mol. The Bertz CT molecular complexity index is 707. The Morgan fingerprint density at radius 3 is 2.46 bits per heavy atom. The quantitative estimate of drug-likeness (QED) is 0.495. The van der Waals surface area contributed by atoms with E-state index in [1.807, 2.05) is 24.3 Å². The van der Waals surface area contributed by atoms with Crippen LogP contribution in [0, 0.1) is 0 Å². The summed E-state index contributed by atoms with van der Waals surface area (Å²) in [6, 6.07) is 7.54. The molecule has 6 heteroatoms. The number of hydrogen-bond acceptors (Lipinski definition) is 3. The molecule has 1 aromatic rings. The van der Waals surface area contributed by atoms with Gasteiger partial charge < -0.3 is 15.7 Å². The van der Waals surface area contributed by atoms with Crippen molar-refractivity contribution in [1.29, 1.82) is 0 Å². The molecule has 1 fully saturated rings. The minimum Gasteiger partial charge on any atom is -0.387 e. The third-order valence-electron chi connectivity index (χ3n) is 5.18. The molecule has 152 valence electrons. The molecular formula is C22H29ClN2O3. The smallest absolute Gasteiger partial charge is 0.220 e. The van der Waals surface area contributed by atoms with Crippen molar-refractivity contribution >= 4 is 23.4 Å². The molecule has 5 nitrogen and oxygen atoms in total. The van der Waals surface area contributed by atoms with Gasteiger partial charge in [-0.25, -0.2) is 0 Å². The first-order valence-electron chi connectivity index (χ1n) is 9.56. The highest BCUT2D eigenvalue weighted by atomic mass is 35.5. The van der Waals surface area contributed by atoms with Gasteiger partial charge in [0, 0.05) is 29.9 Å². The number of nitrogens with one attached hydrogen (secondary N) is 2. The van der Waals surface area contributed by atoms with Crippen molar-refractivity contribution in [2.75, 3.05) is 6.54 Å². The molecule has 0 radical (unpaired) electrons. The summed E-state index contributed by atoms with van der Waals surface area (Å²) in [6.45, 7) is 7.44. The second kappa shape index (κ2) is 9.89. The molecule has 1 heterocycles. The Hall–Kier alpha value is -2.11. The summed E-state index contributed by atoms with van der Waals surface area (Å²) in [5.74, 6) is -0.135. The number of hydrogen-bond donors (Lipinski definition) is 3. The van der Waals surface area contributed by atoms with Gasteiger partial charge in [0.15, 0.2) is 0 Å². The van der Waals surface area contributed by atoms with Crippen LogP contribution in [0.3, 0.4) is 0 Å². The lowest BCUT2D eigenvalue weighted by Gasteiger charge is -2.30. The van der Waals surface area contributed by atoms with Gasteiger partial charge in [0.05, 0.1) is 5.60 Å². The standard InChI is InChI=1S/C22H29ClN2O3/c1-3-11-22(28,12-4-2)16-24-19(26)9-13-21(14-10-20(27)25-21)15-17-5-7-18(23)8-6-17/h3-8,28H,1-2,9-16H2,(H,24,26)(H,25,27). The molecule has 0 spiro atoms. The molecule has 2 rings (SSSR count). The van der Waals surface area contributed by atoms with E-state index in [0.717, 1.165) is 5.56 Å². The van der Waals surface area contributed by atoms with Crippen molar-refractivity contribution < 1.29 is 14.7 Å². The third-order valence-corrected chi connectivity index (χ3v) is 5.44. The Morgan fingerprint density at radius 1 is 1.29 bits per heavy atom. The zero-order valence-electron chi connectivity index (χ0n) is 16.2. The SMILES string of the molecule is C=CCC(O)(CC=C)CNC(=O)CCC1(Cc2ccc(Cl)cc2)CCC(=O)N1. The zero-order chi connectivity index (χ0) is 20.6. The van der Waals surface area contributed by atoms with Crippen LogP contribution in [0.25, 0.3) is 0 Å². The molecule has 0 aliphatic carbocycles. The fourth-order valence-electron chi connectivity index (χ4n) is 3.64. The normalized spacial score (nSPS) is 19.1. The maximum Gasteiger partial charge on any atom is 0.220 e. The highest BCUT2D eigenvalue weighted by Crippen LogP contribution is 2.30. The van der Waals surface area contributed by atoms with Gasteiger partial charge >= 0.3 is 0 Å². The highest BCUT2D eigenvalue weighted by molar-refractivity contribution is 6.30. The summed E-state index contributed by atoms with van der Waals surface area (Å²) in [7, 11) is 0. The second-order valence-corrected chi connectivity index (χ2v) is 8.05. The molecule has 0 saturated carbocycles. The molecule has 0 bridgehead atoms. The fourth-order valence-corrected chi connectivity index (χ4v) is 3.77. The van der Waals surface area contributed by atoms with Gasteiger partial charge in [0.1, 0.15) is 0 Å². The average molecular weight is 405 g/mol. The van der Waals surface area contributed by atoms with E-state index in [4.69, 9.17) is 11.6 Å². The van der Waals surface area contributed by atoms with E-state index < -0.39 is 11.1 Å². The predicted octanol–water partition coefficient (Wildman–Crippen LogP) is 3.31. The lowest BCUT2D eigenvalue weighted by molar-refractivity contribution is -0.123. The molecule has 1 atom stereocenters. The summed E-state index contributed by atoms with van der Waals surface area (Å²) < 4.78 is 0. The van der Waals surface area contributed by atoms with Gasteiger partial charge in [-0.3, -0.25) is 9.59 Å². The van der Waals surface area contributed by atoms with E-state index in [9.17, 15) is 14.7 Å². The molecule has 1 unspecified atom stereocenters. The van der Waals surface area contributed by atoms with Gasteiger partial charge in [-0.05, 0) is 49.8 Å². The van der Waals surface area contributed by atoms with Crippen molar-refractivity contribution in [3.8, 4) is 0 Å². The van der Waals surface area contributed by atoms with E-state index in [2.05, 4.69) is 23.8 Å². The molecule has 1 aromatic carbocycles. The van der Waals surface area contributed by atoms with Crippen molar-refractivity contribution in [2.45, 2.75) is 56.1 Å². The Labute approximate surface area is 171 Å². The minimum absolute atomic E-state index is 0.0145. The Morgan fingerprint density at radius 2 is 1.93 bits per heavy atom. The first kappa shape index (κ1) is 22.2. The van der Waals surface area contributed by atoms with Crippen molar-refractivity contribution in [2.24, 2.45) is 0 Å². The first-order valence-corrected chi connectivity index (χ1v) is 9.94. The zero-order valence-corrected chi connectivity index (χ0v) is 16.9. The maximum atomic E-state index is 12.4. The van der Waals surface area contributed by atoms with E-state index in [1.54, 1.807) is 12.2 Å². The number of carbonyl (C=O) groups excluding carboxylic acids is 2. The van der Waals surface area contributed by atoms with Crippen LogP contribution in [0.15, 0.2) is 49.6 Å². The summed E-state index contributed by atoms with van der Waals surface area (Å²) >= 11 is 5.95. The molecule has 2 amide bonds. The fraction of sp³-hybridized carbons (Fsp3) is 0.455. The van der Waals surface area contributed by atoms with Crippen molar-refractivity contribution in [3.05, 3.63) is 60.2 Å². The number of halogens is 1. The number of carbonyl (C=O) groups is 2. The molecule has 1 aliphatic heterocycles. The van der Waals surface area contributed by atoms with Crippen LogP contribution in [-0.4, -0.2) is 34.6 Å². The second-order valence-electron chi connectivity index (χ2n) is 7.62. The number of rotatable bonds is 11. The largest absolute Gasteiger partial charge is 0.387 e. The lowest BCUT2D eigenvalue weighted by Crippen LogP contribution is -2.46. The molecule has 3 N–H and O–H groups in total. The van der Waals surface area contributed by atoms with Crippen LogP contribution in [0.1, 0.15) is 44.1 Å². The van der Waals surface area contributed by atoms with E-state index >= 15 is 0 Å². The average Bonchev–Trinajstić information content (AvgIpc) is 3.02. The summed E-state index contributed by atoms with van der Waals surface area (Å²) in [4.78, 5) is 24.2. The lowest BCUT2D eigenvalue weighted by atomic mass is 9.85. The van der Waals surface area contributed by atoms with Gasteiger partial charge in [-0.15, -0.1) is 13.2 Å². The third kappa shape index (κ3) is 6.50. The van der Waals surface area contributed by atoms with Gasteiger partial charge in [-0.2, -0.15) is 0 Å². The topological polar surface area (TPSA) is 78.4 Å². The van der Waals surface area contributed by atoms with Crippen LogP contribution < -0.4 is 10.6 Å². The van der Waals surface area contributed by atoms with Crippen LogP contribution in [0.4, 0.5) is 0 Å². The summed E-state index contributed by atoms with van der Waals surface area (Å²) in [6.07, 6.45) is 6.62. The maximum absolute atomic E-state index is 12.4. The van der Waals surface area contributed by atoms with Crippen LogP contribution >= 0.6 is 11.6 Å². The molecule has 1 aliphatic rings. The summed E-state index contributed by atoms with van der Waals surface area (Å²) in [5, 5.41) is 17.1. The number of benzene rings is 1. The molecule has 0 aromatic heterocycles. The Balaban J connectivity index is 1.94. The molecule has 1 saturated heterocycles. The van der Waals surface area contributed by atoms with Crippen molar-refractivity contribution in [3.63, 3.8) is 0 Å². The molecule has 28 heavy (non-hydrogen) atoms. The highest BCUT2D eigenvalue weighted by Gasteiger charge is 2.38. The summed E-state index contributed by atoms with van der Waals surface area (Å²) in [5.41, 5.74) is -0.430. The van der Waals surface area contributed by atoms with E-state index in [1.165, 1.54) is 0 Å². The van der Waals surface area contributed by atoms with Crippen LogP contribution in [0.2, 0.25) is 5.02 Å².